The van der Waals surface area contributed by atoms with Gasteiger partial charge in [-0.05, 0) is 32.2 Å². The third kappa shape index (κ3) is 2.44. The summed E-state index contributed by atoms with van der Waals surface area (Å²) in [6.07, 6.45) is 5.61. The van der Waals surface area contributed by atoms with E-state index in [4.69, 9.17) is 4.74 Å². The molecule has 0 aliphatic carbocycles. The van der Waals surface area contributed by atoms with E-state index in [0.717, 1.165) is 18.7 Å². The first-order valence-corrected chi connectivity index (χ1v) is 5.66. The van der Waals surface area contributed by atoms with Crippen LogP contribution < -0.4 is 0 Å². The van der Waals surface area contributed by atoms with Gasteiger partial charge < -0.3 is 4.74 Å². The third-order valence-corrected chi connectivity index (χ3v) is 3.08. The van der Waals surface area contributed by atoms with Crippen LogP contribution in [-0.4, -0.2) is 37.2 Å². The van der Waals surface area contributed by atoms with Gasteiger partial charge in [0, 0.05) is 19.2 Å². The fourth-order valence-corrected chi connectivity index (χ4v) is 2.57. The van der Waals surface area contributed by atoms with Gasteiger partial charge in [0.1, 0.15) is 0 Å². The minimum atomic E-state index is 0.743. The SMILES string of the molecule is CC.COCC1CC[C@H]2CCCN12. The van der Waals surface area contributed by atoms with E-state index in [1.165, 1.54) is 32.2 Å². The molecule has 2 heteroatoms. The molecule has 0 radical (unpaired) electrons. The molecule has 0 amide bonds. The zero-order valence-corrected chi connectivity index (χ0v) is 9.25. The summed E-state index contributed by atoms with van der Waals surface area (Å²) in [4.78, 5) is 2.64. The van der Waals surface area contributed by atoms with Crippen molar-refractivity contribution in [3.8, 4) is 0 Å². The molecule has 2 saturated heterocycles. The molecule has 13 heavy (non-hydrogen) atoms. The van der Waals surface area contributed by atoms with Crippen molar-refractivity contribution in [2.75, 3.05) is 20.3 Å². The normalized spacial score (nSPS) is 32.5. The van der Waals surface area contributed by atoms with Crippen LogP contribution in [0, 0.1) is 0 Å². The van der Waals surface area contributed by atoms with Crippen LogP contribution in [0.25, 0.3) is 0 Å². The second kappa shape index (κ2) is 5.61. The van der Waals surface area contributed by atoms with E-state index in [0.29, 0.717) is 0 Å². The summed E-state index contributed by atoms with van der Waals surface area (Å²) in [7, 11) is 1.81. The van der Waals surface area contributed by atoms with Gasteiger partial charge in [0.15, 0.2) is 0 Å². The number of fused-ring (bicyclic) bond motifs is 1. The summed E-state index contributed by atoms with van der Waals surface area (Å²) >= 11 is 0. The average molecular weight is 185 g/mol. The number of nitrogens with zero attached hydrogens (tertiary/aromatic N) is 1. The van der Waals surface area contributed by atoms with Crippen LogP contribution in [0.4, 0.5) is 0 Å². The lowest BCUT2D eigenvalue weighted by Gasteiger charge is -2.22. The number of rotatable bonds is 2. The molecule has 2 fully saturated rings. The Balaban J connectivity index is 0.000000396. The quantitative estimate of drug-likeness (QED) is 0.654. The molecule has 0 N–H and O–H groups in total. The van der Waals surface area contributed by atoms with Crippen molar-refractivity contribution >= 4 is 0 Å². The zero-order chi connectivity index (χ0) is 9.68. The number of hydrogen-bond donors (Lipinski definition) is 0. The van der Waals surface area contributed by atoms with Gasteiger partial charge in [-0.3, -0.25) is 4.90 Å². The maximum atomic E-state index is 5.19. The van der Waals surface area contributed by atoms with E-state index >= 15 is 0 Å². The highest BCUT2D eigenvalue weighted by atomic mass is 16.5. The molecule has 0 saturated carbocycles. The van der Waals surface area contributed by atoms with Crippen molar-refractivity contribution in [2.24, 2.45) is 0 Å². The van der Waals surface area contributed by atoms with Crippen molar-refractivity contribution < 1.29 is 4.74 Å². The van der Waals surface area contributed by atoms with Crippen LogP contribution in [0.3, 0.4) is 0 Å². The lowest BCUT2D eigenvalue weighted by atomic mass is 10.1. The van der Waals surface area contributed by atoms with Gasteiger partial charge in [-0.25, -0.2) is 0 Å². The maximum Gasteiger partial charge on any atom is 0.0618 e. The maximum absolute atomic E-state index is 5.19. The first-order chi connectivity index (χ1) is 6.42. The van der Waals surface area contributed by atoms with Gasteiger partial charge in [-0.15, -0.1) is 0 Å². The van der Waals surface area contributed by atoms with Gasteiger partial charge in [0.05, 0.1) is 6.61 Å². The second-order valence-electron chi connectivity index (χ2n) is 3.72. The van der Waals surface area contributed by atoms with Crippen molar-refractivity contribution in [3.63, 3.8) is 0 Å². The standard InChI is InChI=1S/C9H17NO.C2H6/c1-11-7-9-5-4-8-3-2-6-10(8)9;1-2/h8-9H,2-7H2,1H3;1-2H3/t8-,9?;/m1./s1. The molecule has 1 unspecified atom stereocenters. The molecule has 2 heterocycles. The fourth-order valence-electron chi connectivity index (χ4n) is 2.57. The van der Waals surface area contributed by atoms with E-state index in [2.05, 4.69) is 4.90 Å². The molecule has 2 aliphatic heterocycles. The minimum absolute atomic E-state index is 0.743. The molecular weight excluding hydrogens is 162 g/mol. The summed E-state index contributed by atoms with van der Waals surface area (Å²) < 4.78 is 5.19. The van der Waals surface area contributed by atoms with Gasteiger partial charge in [0.25, 0.3) is 0 Å². The Morgan fingerprint density at radius 1 is 1.23 bits per heavy atom. The summed E-state index contributed by atoms with van der Waals surface area (Å²) in [5.41, 5.74) is 0. The number of hydrogen-bond acceptors (Lipinski definition) is 2. The summed E-state index contributed by atoms with van der Waals surface area (Å²) in [6, 6.07) is 1.66. The minimum Gasteiger partial charge on any atom is -0.383 e. The van der Waals surface area contributed by atoms with Crippen LogP contribution in [0.5, 0.6) is 0 Å². The Morgan fingerprint density at radius 2 is 2.00 bits per heavy atom. The lowest BCUT2D eigenvalue weighted by molar-refractivity contribution is 0.113. The summed E-state index contributed by atoms with van der Waals surface area (Å²) in [5.74, 6) is 0. The zero-order valence-electron chi connectivity index (χ0n) is 9.25. The third-order valence-electron chi connectivity index (χ3n) is 3.08. The Bertz CT molecular complexity index is 136. The fraction of sp³-hybridized carbons (Fsp3) is 1.00. The van der Waals surface area contributed by atoms with Gasteiger partial charge in [0.2, 0.25) is 0 Å². The van der Waals surface area contributed by atoms with E-state index < -0.39 is 0 Å². The lowest BCUT2D eigenvalue weighted by Crippen LogP contribution is -2.34. The Hall–Kier alpha value is -0.0800. The molecule has 78 valence electrons. The Labute approximate surface area is 82.3 Å². The van der Waals surface area contributed by atoms with E-state index in [1.807, 2.05) is 21.0 Å². The van der Waals surface area contributed by atoms with Gasteiger partial charge in [-0.1, -0.05) is 13.8 Å². The van der Waals surface area contributed by atoms with E-state index in [9.17, 15) is 0 Å². The molecule has 2 rings (SSSR count). The molecule has 2 nitrogen and oxygen atoms in total. The first-order valence-electron chi connectivity index (χ1n) is 5.66. The van der Waals surface area contributed by atoms with Crippen molar-refractivity contribution in [1.82, 2.24) is 4.90 Å². The van der Waals surface area contributed by atoms with Crippen molar-refractivity contribution in [3.05, 3.63) is 0 Å². The van der Waals surface area contributed by atoms with Gasteiger partial charge in [-0.2, -0.15) is 0 Å². The number of ether oxygens (including phenoxy) is 1. The van der Waals surface area contributed by atoms with Crippen molar-refractivity contribution in [2.45, 2.75) is 51.6 Å². The first kappa shape index (κ1) is 11.0. The van der Waals surface area contributed by atoms with Crippen LogP contribution >= 0.6 is 0 Å². The van der Waals surface area contributed by atoms with Crippen LogP contribution in [0.1, 0.15) is 39.5 Å². The van der Waals surface area contributed by atoms with Gasteiger partial charge >= 0.3 is 0 Å². The Morgan fingerprint density at radius 3 is 2.69 bits per heavy atom. The molecule has 0 aromatic heterocycles. The van der Waals surface area contributed by atoms with Crippen LogP contribution in [0.15, 0.2) is 0 Å². The smallest absolute Gasteiger partial charge is 0.0618 e. The monoisotopic (exact) mass is 185 g/mol. The summed E-state index contributed by atoms with van der Waals surface area (Å²) in [6.45, 7) is 6.26. The predicted octanol–water partition coefficient (Wildman–Crippen LogP) is 2.29. The summed E-state index contributed by atoms with van der Waals surface area (Å²) in [5, 5.41) is 0. The molecule has 2 aliphatic rings. The topological polar surface area (TPSA) is 12.5 Å². The molecule has 2 atom stereocenters. The average Bonchev–Trinajstić information content (AvgIpc) is 2.74. The molecule has 0 bridgehead atoms. The van der Waals surface area contributed by atoms with E-state index in [-0.39, 0.29) is 0 Å². The molecular formula is C11H23NO. The van der Waals surface area contributed by atoms with E-state index in [1.54, 1.807) is 0 Å². The molecule has 0 aromatic rings. The molecule has 0 aromatic carbocycles. The highest BCUT2D eigenvalue weighted by molar-refractivity contribution is 4.91. The highest BCUT2D eigenvalue weighted by Crippen LogP contribution is 2.32. The number of methoxy groups -OCH3 is 1. The van der Waals surface area contributed by atoms with Crippen LogP contribution in [-0.2, 0) is 4.74 Å². The van der Waals surface area contributed by atoms with Crippen LogP contribution in [0.2, 0.25) is 0 Å². The highest BCUT2D eigenvalue weighted by Gasteiger charge is 2.35. The molecule has 0 spiro atoms. The second-order valence-corrected chi connectivity index (χ2v) is 3.72. The largest absolute Gasteiger partial charge is 0.383 e. The predicted molar refractivity (Wildman–Crippen MR) is 56.0 cm³/mol. The van der Waals surface area contributed by atoms with Crippen molar-refractivity contribution in [1.29, 1.82) is 0 Å². The Kier molecular flexibility index (Phi) is 4.74.